The number of rotatable bonds is 3. The molecule has 0 unspecified atom stereocenters. The Hall–Kier alpha value is -1.30. The topological polar surface area (TPSA) is 96.9 Å². The molecular weight excluding hydrogens is 136 g/mol. The number of amides is 1. The highest BCUT2D eigenvalue weighted by Gasteiger charge is 2.26. The van der Waals surface area contributed by atoms with Crippen molar-refractivity contribution in [1.29, 1.82) is 0 Å². The number of hydrogen-bond donors (Lipinski definition) is 2. The van der Waals surface area contributed by atoms with Gasteiger partial charge in [-0.25, -0.2) is 5.84 Å². The molecule has 0 aromatic carbocycles. The Morgan fingerprint density at radius 3 is 2.50 bits per heavy atom. The summed E-state index contributed by atoms with van der Waals surface area (Å²) in [6.45, 7) is 0. The predicted octanol–water partition coefficient (Wildman–Crippen LogP) is -1.27. The summed E-state index contributed by atoms with van der Waals surface area (Å²) in [5.41, 5.74) is 1.84. The molecule has 0 bridgehead atoms. The van der Waals surface area contributed by atoms with Crippen molar-refractivity contribution in [1.82, 2.24) is 5.43 Å². The van der Waals surface area contributed by atoms with Crippen molar-refractivity contribution in [3.05, 3.63) is 0 Å². The minimum absolute atomic E-state index is 0.242. The maximum Gasteiger partial charge on any atom is 0.241 e. The van der Waals surface area contributed by atoms with Crippen molar-refractivity contribution in [2.24, 2.45) is 16.1 Å². The molecule has 0 spiro atoms. The van der Waals surface area contributed by atoms with Gasteiger partial charge in [0.1, 0.15) is 0 Å². The fourth-order valence-electron chi connectivity index (χ4n) is 0.463. The van der Waals surface area contributed by atoms with E-state index in [4.69, 9.17) is 5.84 Å². The van der Waals surface area contributed by atoms with E-state index in [2.05, 4.69) is 10.2 Å². The summed E-state index contributed by atoms with van der Waals surface area (Å²) in [7, 11) is 0. The molecule has 0 radical (unpaired) electrons. The van der Waals surface area contributed by atoms with E-state index in [0.717, 1.165) is 0 Å². The summed E-state index contributed by atoms with van der Waals surface area (Å²) >= 11 is 0. The first kappa shape index (κ1) is 6.81. The molecule has 0 saturated heterocycles. The quantitative estimate of drug-likeness (QED) is 0.222. The predicted molar refractivity (Wildman–Crippen MR) is 30.6 cm³/mol. The van der Waals surface area contributed by atoms with Crippen molar-refractivity contribution in [3.8, 4) is 0 Å². The first-order valence-corrected chi connectivity index (χ1v) is 2.66. The highest BCUT2D eigenvalue weighted by Crippen LogP contribution is 2.12. The number of carbonyl (C=O) groups is 2. The summed E-state index contributed by atoms with van der Waals surface area (Å²) in [5, 5.41) is 6.69. The van der Waals surface area contributed by atoms with Crippen LogP contribution in [0.2, 0.25) is 0 Å². The van der Waals surface area contributed by atoms with Gasteiger partial charge in [-0.05, 0) is 0 Å². The maximum absolute atomic E-state index is 10.7. The highest BCUT2D eigenvalue weighted by atomic mass is 16.2. The van der Waals surface area contributed by atoms with Crippen molar-refractivity contribution < 1.29 is 9.59 Å². The fraction of sp³-hybridized carbons (Fsp3) is 0.500. The Bertz CT molecular complexity index is 193. The summed E-state index contributed by atoms with van der Waals surface area (Å²) in [6, 6.07) is 0. The second-order valence-electron chi connectivity index (χ2n) is 1.82. The van der Waals surface area contributed by atoms with E-state index in [0.29, 0.717) is 0 Å². The lowest BCUT2D eigenvalue weighted by atomic mass is 10.2. The number of hydrogen-bond acceptors (Lipinski definition) is 5. The SMILES string of the molecule is NNC(=O)CC(=O)C1N=N1. The van der Waals surface area contributed by atoms with Crippen LogP contribution in [0.1, 0.15) is 6.42 Å². The molecule has 0 fully saturated rings. The minimum Gasteiger partial charge on any atom is -0.294 e. The fourth-order valence-corrected chi connectivity index (χ4v) is 0.463. The molecule has 54 valence electrons. The van der Waals surface area contributed by atoms with Gasteiger partial charge < -0.3 is 0 Å². The van der Waals surface area contributed by atoms with Crippen LogP contribution in [0.15, 0.2) is 10.2 Å². The second-order valence-corrected chi connectivity index (χ2v) is 1.82. The van der Waals surface area contributed by atoms with Gasteiger partial charge in [0.2, 0.25) is 12.1 Å². The summed E-state index contributed by atoms with van der Waals surface area (Å²) in [4.78, 5) is 21.1. The zero-order valence-corrected chi connectivity index (χ0v) is 5.07. The maximum atomic E-state index is 10.7. The first-order chi connectivity index (χ1) is 4.74. The normalized spacial score (nSPS) is 14.9. The van der Waals surface area contributed by atoms with Crippen molar-refractivity contribution in [2.45, 2.75) is 12.6 Å². The molecule has 1 amide bonds. The molecule has 0 aliphatic carbocycles. The largest absolute Gasteiger partial charge is 0.294 e. The molecule has 0 saturated carbocycles. The van der Waals surface area contributed by atoms with Gasteiger partial charge in [-0.3, -0.25) is 15.0 Å². The average molecular weight is 142 g/mol. The van der Waals surface area contributed by atoms with Gasteiger partial charge in [0.05, 0.1) is 6.42 Å². The lowest BCUT2D eigenvalue weighted by Gasteiger charge is -1.93. The van der Waals surface area contributed by atoms with E-state index >= 15 is 0 Å². The third-order valence-electron chi connectivity index (χ3n) is 1.01. The van der Waals surface area contributed by atoms with Crippen LogP contribution in [0.4, 0.5) is 0 Å². The average Bonchev–Trinajstić information content (AvgIpc) is 2.68. The first-order valence-electron chi connectivity index (χ1n) is 2.66. The van der Waals surface area contributed by atoms with E-state index in [1.54, 1.807) is 0 Å². The van der Waals surface area contributed by atoms with Gasteiger partial charge in [0, 0.05) is 0 Å². The van der Waals surface area contributed by atoms with Crippen LogP contribution in [-0.2, 0) is 9.59 Å². The lowest BCUT2D eigenvalue weighted by Crippen LogP contribution is -2.32. The Balaban J connectivity index is 2.23. The Morgan fingerprint density at radius 1 is 1.50 bits per heavy atom. The summed E-state index contributed by atoms with van der Waals surface area (Å²) in [6.07, 6.45) is -0.842. The molecular formula is C4H6N4O2. The van der Waals surface area contributed by atoms with E-state index in [-0.39, 0.29) is 12.2 Å². The number of carbonyl (C=O) groups excluding carboxylic acids is 2. The van der Waals surface area contributed by atoms with Crippen LogP contribution in [-0.4, -0.2) is 17.9 Å². The van der Waals surface area contributed by atoms with Gasteiger partial charge in [-0.1, -0.05) is 0 Å². The lowest BCUT2D eigenvalue weighted by molar-refractivity contribution is -0.128. The van der Waals surface area contributed by atoms with Gasteiger partial charge in [-0.2, -0.15) is 10.2 Å². The molecule has 1 aliphatic rings. The van der Waals surface area contributed by atoms with Gasteiger partial charge in [-0.15, -0.1) is 0 Å². The Kier molecular flexibility index (Phi) is 1.72. The molecule has 3 N–H and O–H groups in total. The molecule has 0 aromatic rings. The van der Waals surface area contributed by atoms with Crippen LogP contribution in [0.3, 0.4) is 0 Å². The number of Topliss-reactive ketones (excluding diaryl/α,β-unsaturated/α-hetero) is 1. The van der Waals surface area contributed by atoms with Gasteiger partial charge >= 0.3 is 0 Å². The molecule has 0 atom stereocenters. The minimum atomic E-state index is -0.600. The summed E-state index contributed by atoms with van der Waals surface area (Å²) < 4.78 is 0. The van der Waals surface area contributed by atoms with Crippen LogP contribution in [0, 0.1) is 0 Å². The molecule has 6 heteroatoms. The van der Waals surface area contributed by atoms with Crippen molar-refractivity contribution in [3.63, 3.8) is 0 Å². The molecule has 10 heavy (non-hydrogen) atoms. The summed E-state index contributed by atoms with van der Waals surface area (Å²) in [5.74, 6) is 3.90. The molecule has 1 heterocycles. The molecule has 1 rings (SSSR count). The van der Waals surface area contributed by atoms with Crippen molar-refractivity contribution in [2.75, 3.05) is 0 Å². The van der Waals surface area contributed by atoms with E-state index in [9.17, 15) is 9.59 Å². The number of ketones is 1. The highest BCUT2D eigenvalue weighted by molar-refractivity contribution is 6.00. The standard InChI is InChI=1S/C4H6N4O2/c5-6-3(10)1-2(9)4-7-8-4/h4H,1,5H2,(H,6,10). The molecule has 0 aromatic heterocycles. The third-order valence-corrected chi connectivity index (χ3v) is 1.01. The number of nitrogens with two attached hydrogens (primary N) is 1. The van der Waals surface area contributed by atoms with E-state index < -0.39 is 12.1 Å². The van der Waals surface area contributed by atoms with Crippen LogP contribution in [0.25, 0.3) is 0 Å². The van der Waals surface area contributed by atoms with Crippen LogP contribution in [0.5, 0.6) is 0 Å². The molecule has 6 nitrogen and oxygen atoms in total. The monoisotopic (exact) mass is 142 g/mol. The van der Waals surface area contributed by atoms with Crippen molar-refractivity contribution >= 4 is 11.7 Å². The van der Waals surface area contributed by atoms with Gasteiger partial charge in [0.25, 0.3) is 0 Å². The second kappa shape index (κ2) is 2.53. The Morgan fingerprint density at radius 2 is 2.10 bits per heavy atom. The number of nitrogens with one attached hydrogen (secondary N) is 1. The smallest absolute Gasteiger partial charge is 0.241 e. The number of hydrazine groups is 1. The zero-order valence-electron chi connectivity index (χ0n) is 5.07. The van der Waals surface area contributed by atoms with E-state index in [1.807, 2.05) is 5.43 Å². The third kappa shape index (κ3) is 1.59. The number of nitrogens with zero attached hydrogens (tertiary/aromatic N) is 2. The van der Waals surface area contributed by atoms with Gasteiger partial charge in [0.15, 0.2) is 5.78 Å². The van der Waals surface area contributed by atoms with Crippen LogP contribution >= 0.6 is 0 Å². The zero-order chi connectivity index (χ0) is 7.56. The van der Waals surface area contributed by atoms with Crippen LogP contribution < -0.4 is 11.3 Å². The Labute approximate surface area is 56.5 Å². The molecule has 1 aliphatic heterocycles. The van der Waals surface area contributed by atoms with E-state index in [1.165, 1.54) is 0 Å².